The molecule has 28 heavy (non-hydrogen) atoms. The topological polar surface area (TPSA) is 58.2 Å². The lowest BCUT2D eigenvalue weighted by Gasteiger charge is -2.27. The van der Waals surface area contributed by atoms with Crippen molar-refractivity contribution in [2.24, 2.45) is 11.8 Å². The molecule has 0 bridgehead atoms. The van der Waals surface area contributed by atoms with Gasteiger partial charge in [0.25, 0.3) is 0 Å². The Labute approximate surface area is 167 Å². The molecule has 0 atom stereocenters. The summed E-state index contributed by atoms with van der Waals surface area (Å²) in [4.78, 5) is 25.2. The summed E-state index contributed by atoms with van der Waals surface area (Å²) in [6.07, 6.45) is 3.97. The van der Waals surface area contributed by atoms with E-state index < -0.39 is 0 Å². The predicted molar refractivity (Wildman–Crippen MR) is 113 cm³/mol. The van der Waals surface area contributed by atoms with Crippen molar-refractivity contribution in [3.05, 3.63) is 65.2 Å². The molecule has 2 amide bonds. The second-order valence-electron chi connectivity index (χ2n) is 7.70. The van der Waals surface area contributed by atoms with Gasteiger partial charge in [-0.3, -0.25) is 9.59 Å². The van der Waals surface area contributed by atoms with E-state index in [1.165, 1.54) is 5.56 Å². The number of aryl methyl sites for hydroxylation is 2. The maximum absolute atomic E-state index is 12.8. The molecular weight excluding hydrogens is 348 g/mol. The fourth-order valence-electron chi connectivity index (χ4n) is 3.97. The van der Waals surface area contributed by atoms with Gasteiger partial charge in [-0.25, -0.2) is 0 Å². The molecule has 2 aromatic carbocycles. The molecular formula is C24H30N2O2. The van der Waals surface area contributed by atoms with E-state index in [1.54, 1.807) is 0 Å². The third-order valence-electron chi connectivity index (χ3n) is 5.77. The van der Waals surface area contributed by atoms with E-state index in [0.717, 1.165) is 48.9 Å². The molecule has 0 heterocycles. The fourth-order valence-corrected chi connectivity index (χ4v) is 3.97. The van der Waals surface area contributed by atoms with Crippen molar-refractivity contribution in [1.29, 1.82) is 0 Å². The Balaban J connectivity index is 1.49. The molecule has 1 fully saturated rings. The summed E-state index contributed by atoms with van der Waals surface area (Å²) >= 11 is 0. The summed E-state index contributed by atoms with van der Waals surface area (Å²) < 4.78 is 0. The third kappa shape index (κ3) is 5.00. The Hall–Kier alpha value is -2.62. The molecule has 0 spiro atoms. The number of carbonyl (C=O) groups excluding carboxylic acids is 2. The Kier molecular flexibility index (Phi) is 6.85. The molecule has 4 nitrogen and oxygen atoms in total. The molecule has 0 aromatic heterocycles. The van der Waals surface area contributed by atoms with Crippen molar-refractivity contribution < 1.29 is 9.59 Å². The third-order valence-corrected chi connectivity index (χ3v) is 5.77. The van der Waals surface area contributed by atoms with Gasteiger partial charge in [0, 0.05) is 24.1 Å². The number of hydrogen-bond donors (Lipinski definition) is 2. The SMILES string of the molecule is CCc1cccc(C)c1NC(=O)C1CCC(C(=O)NCc2ccccc2)CC1. The van der Waals surface area contributed by atoms with Crippen LogP contribution in [0, 0.1) is 18.8 Å². The largest absolute Gasteiger partial charge is 0.352 e. The number of anilines is 1. The van der Waals surface area contributed by atoms with Crippen LogP contribution in [0.4, 0.5) is 5.69 Å². The minimum Gasteiger partial charge on any atom is -0.352 e. The maximum atomic E-state index is 12.8. The summed E-state index contributed by atoms with van der Waals surface area (Å²) in [6.45, 7) is 4.69. The average molecular weight is 379 g/mol. The quantitative estimate of drug-likeness (QED) is 0.771. The average Bonchev–Trinajstić information content (AvgIpc) is 2.74. The van der Waals surface area contributed by atoms with Gasteiger partial charge in [0.05, 0.1) is 0 Å². The zero-order valence-corrected chi connectivity index (χ0v) is 16.8. The minimum absolute atomic E-state index is 0.0115. The van der Waals surface area contributed by atoms with Crippen molar-refractivity contribution in [3.8, 4) is 0 Å². The van der Waals surface area contributed by atoms with Crippen molar-refractivity contribution in [1.82, 2.24) is 5.32 Å². The van der Waals surface area contributed by atoms with Gasteiger partial charge in [-0.1, -0.05) is 55.5 Å². The highest BCUT2D eigenvalue weighted by Gasteiger charge is 2.30. The fraction of sp³-hybridized carbons (Fsp3) is 0.417. The normalized spacial score (nSPS) is 19.1. The zero-order valence-electron chi connectivity index (χ0n) is 16.8. The van der Waals surface area contributed by atoms with Crippen molar-refractivity contribution in [2.45, 2.75) is 52.5 Å². The van der Waals surface area contributed by atoms with E-state index in [0.29, 0.717) is 6.54 Å². The van der Waals surface area contributed by atoms with Gasteiger partial charge in [-0.15, -0.1) is 0 Å². The first-order valence-electron chi connectivity index (χ1n) is 10.3. The smallest absolute Gasteiger partial charge is 0.227 e. The Morgan fingerprint density at radius 2 is 1.54 bits per heavy atom. The summed E-state index contributed by atoms with van der Waals surface area (Å²) in [5, 5.41) is 6.19. The van der Waals surface area contributed by atoms with Crippen molar-refractivity contribution in [2.75, 3.05) is 5.32 Å². The lowest BCUT2D eigenvalue weighted by molar-refractivity contribution is -0.128. The van der Waals surface area contributed by atoms with E-state index in [2.05, 4.69) is 23.6 Å². The van der Waals surface area contributed by atoms with Crippen LogP contribution in [0.15, 0.2) is 48.5 Å². The van der Waals surface area contributed by atoms with E-state index >= 15 is 0 Å². The van der Waals surface area contributed by atoms with E-state index in [9.17, 15) is 9.59 Å². The monoisotopic (exact) mass is 378 g/mol. The summed E-state index contributed by atoms with van der Waals surface area (Å²) in [5.74, 6) is 0.196. The highest BCUT2D eigenvalue weighted by Crippen LogP contribution is 2.31. The molecule has 1 aliphatic carbocycles. The van der Waals surface area contributed by atoms with Crippen LogP contribution in [0.3, 0.4) is 0 Å². The molecule has 2 N–H and O–H groups in total. The predicted octanol–water partition coefficient (Wildman–Crippen LogP) is 4.62. The lowest BCUT2D eigenvalue weighted by Crippen LogP contribution is -2.35. The van der Waals surface area contributed by atoms with Gasteiger partial charge in [0.1, 0.15) is 0 Å². The van der Waals surface area contributed by atoms with Crippen LogP contribution in [0.2, 0.25) is 0 Å². The van der Waals surface area contributed by atoms with Crippen LogP contribution in [0.5, 0.6) is 0 Å². The summed E-state index contributed by atoms with van der Waals surface area (Å²) in [6, 6.07) is 16.1. The molecule has 0 aliphatic heterocycles. The van der Waals surface area contributed by atoms with E-state index in [1.807, 2.05) is 49.4 Å². The summed E-state index contributed by atoms with van der Waals surface area (Å²) in [5.41, 5.74) is 4.33. The van der Waals surface area contributed by atoms with Crippen molar-refractivity contribution >= 4 is 17.5 Å². The van der Waals surface area contributed by atoms with Gasteiger partial charge < -0.3 is 10.6 Å². The first-order chi connectivity index (χ1) is 13.6. The van der Waals surface area contributed by atoms with Crippen LogP contribution in [-0.4, -0.2) is 11.8 Å². The number of carbonyl (C=O) groups is 2. The standard InChI is InChI=1S/C24H30N2O2/c1-3-19-11-7-8-17(2)22(19)26-24(28)21-14-12-20(13-15-21)23(27)25-16-18-9-5-4-6-10-18/h4-11,20-21H,3,12-16H2,1-2H3,(H,25,27)(H,26,28). The second kappa shape index (κ2) is 9.54. The van der Waals surface area contributed by atoms with Crippen LogP contribution in [0.1, 0.15) is 49.3 Å². The number of nitrogens with one attached hydrogen (secondary N) is 2. The zero-order chi connectivity index (χ0) is 19.9. The minimum atomic E-state index is -0.0116. The van der Waals surface area contributed by atoms with Crippen LogP contribution >= 0.6 is 0 Å². The first-order valence-corrected chi connectivity index (χ1v) is 10.3. The molecule has 0 saturated heterocycles. The molecule has 148 valence electrons. The summed E-state index contributed by atoms with van der Waals surface area (Å²) in [7, 11) is 0. The van der Waals surface area contributed by atoms with Crippen LogP contribution < -0.4 is 10.6 Å². The number of benzene rings is 2. The Morgan fingerprint density at radius 3 is 2.18 bits per heavy atom. The Bertz CT molecular complexity index is 809. The lowest BCUT2D eigenvalue weighted by atomic mass is 9.81. The van der Waals surface area contributed by atoms with Gasteiger partial charge in [0.2, 0.25) is 11.8 Å². The van der Waals surface area contributed by atoms with Gasteiger partial charge in [-0.05, 0) is 55.7 Å². The number of para-hydroxylation sites is 1. The Morgan fingerprint density at radius 1 is 0.893 bits per heavy atom. The van der Waals surface area contributed by atoms with E-state index in [-0.39, 0.29) is 23.7 Å². The van der Waals surface area contributed by atoms with Gasteiger partial charge in [-0.2, -0.15) is 0 Å². The number of amides is 2. The molecule has 3 rings (SSSR count). The molecule has 1 aliphatic rings. The number of rotatable bonds is 6. The molecule has 1 saturated carbocycles. The number of hydrogen-bond acceptors (Lipinski definition) is 2. The van der Waals surface area contributed by atoms with Gasteiger partial charge >= 0.3 is 0 Å². The van der Waals surface area contributed by atoms with Crippen LogP contribution in [-0.2, 0) is 22.6 Å². The van der Waals surface area contributed by atoms with Gasteiger partial charge in [0.15, 0.2) is 0 Å². The molecule has 4 heteroatoms. The maximum Gasteiger partial charge on any atom is 0.227 e. The van der Waals surface area contributed by atoms with Crippen LogP contribution in [0.25, 0.3) is 0 Å². The first kappa shape index (κ1) is 20.1. The highest BCUT2D eigenvalue weighted by atomic mass is 16.2. The second-order valence-corrected chi connectivity index (χ2v) is 7.70. The highest BCUT2D eigenvalue weighted by molar-refractivity contribution is 5.94. The molecule has 2 aromatic rings. The molecule has 0 radical (unpaired) electrons. The van der Waals surface area contributed by atoms with E-state index in [4.69, 9.17) is 0 Å². The molecule has 0 unspecified atom stereocenters. The van der Waals surface area contributed by atoms with Crippen molar-refractivity contribution in [3.63, 3.8) is 0 Å².